The van der Waals surface area contributed by atoms with Crippen LogP contribution in [0.25, 0.3) is 0 Å². The van der Waals surface area contributed by atoms with Crippen molar-refractivity contribution in [1.82, 2.24) is 10.2 Å². The van der Waals surface area contributed by atoms with Gasteiger partial charge in [0, 0.05) is 18.6 Å². The molecule has 2 heterocycles. The second-order valence-electron chi connectivity index (χ2n) is 3.85. The number of carbonyl (C=O) groups is 1. The molecule has 0 aromatic rings. The Hall–Kier alpha value is -0.830. The summed E-state index contributed by atoms with van der Waals surface area (Å²) in [6.07, 6.45) is 4.98. The molecule has 0 radical (unpaired) electrons. The Kier molecular flexibility index (Phi) is 2.36. The summed E-state index contributed by atoms with van der Waals surface area (Å²) in [6, 6.07) is 0.969. The standard InChI is InChI=1S/C10H16N2O/c1-2-10(13)11-8-5-7-12-6-3-4-9(8)12/h2,8-9H,1,3-7H2,(H,11,13). The van der Waals surface area contributed by atoms with Crippen molar-refractivity contribution < 1.29 is 4.79 Å². The van der Waals surface area contributed by atoms with Crippen molar-refractivity contribution in [2.45, 2.75) is 31.3 Å². The summed E-state index contributed by atoms with van der Waals surface area (Å²) in [7, 11) is 0. The highest BCUT2D eigenvalue weighted by Crippen LogP contribution is 2.27. The van der Waals surface area contributed by atoms with E-state index in [1.807, 2.05) is 0 Å². The first-order valence-electron chi connectivity index (χ1n) is 4.98. The van der Waals surface area contributed by atoms with Crippen LogP contribution in [0.2, 0.25) is 0 Å². The lowest BCUT2D eigenvalue weighted by molar-refractivity contribution is -0.117. The number of hydrogen-bond acceptors (Lipinski definition) is 2. The fourth-order valence-electron chi connectivity index (χ4n) is 2.49. The van der Waals surface area contributed by atoms with Crippen molar-refractivity contribution in [2.24, 2.45) is 0 Å². The molecule has 0 spiro atoms. The monoisotopic (exact) mass is 180 g/mol. The van der Waals surface area contributed by atoms with Crippen LogP contribution in [0.1, 0.15) is 19.3 Å². The van der Waals surface area contributed by atoms with Crippen LogP contribution in [0.15, 0.2) is 12.7 Å². The second kappa shape index (κ2) is 3.50. The lowest BCUT2D eigenvalue weighted by Gasteiger charge is -2.20. The van der Waals surface area contributed by atoms with Crippen molar-refractivity contribution in [3.63, 3.8) is 0 Å². The molecule has 2 aliphatic rings. The summed E-state index contributed by atoms with van der Waals surface area (Å²) in [5.41, 5.74) is 0. The lowest BCUT2D eigenvalue weighted by Crippen LogP contribution is -2.41. The molecule has 0 aromatic carbocycles. The maximum absolute atomic E-state index is 11.1. The second-order valence-corrected chi connectivity index (χ2v) is 3.85. The van der Waals surface area contributed by atoms with Crippen LogP contribution in [0.5, 0.6) is 0 Å². The molecule has 13 heavy (non-hydrogen) atoms. The van der Waals surface area contributed by atoms with Gasteiger partial charge in [-0.15, -0.1) is 0 Å². The summed E-state index contributed by atoms with van der Waals surface area (Å²) in [4.78, 5) is 13.6. The Balaban J connectivity index is 1.93. The van der Waals surface area contributed by atoms with Gasteiger partial charge in [0.05, 0.1) is 0 Å². The molecule has 0 aliphatic carbocycles. The average Bonchev–Trinajstić information content (AvgIpc) is 2.69. The van der Waals surface area contributed by atoms with Gasteiger partial charge in [-0.2, -0.15) is 0 Å². The minimum absolute atomic E-state index is 0.0289. The van der Waals surface area contributed by atoms with Crippen LogP contribution < -0.4 is 5.32 Å². The lowest BCUT2D eigenvalue weighted by atomic mass is 10.1. The topological polar surface area (TPSA) is 32.3 Å². The maximum Gasteiger partial charge on any atom is 0.243 e. The molecule has 2 saturated heterocycles. The van der Waals surface area contributed by atoms with Gasteiger partial charge in [0.1, 0.15) is 0 Å². The molecule has 2 unspecified atom stereocenters. The van der Waals surface area contributed by atoms with Gasteiger partial charge < -0.3 is 5.32 Å². The van der Waals surface area contributed by atoms with E-state index in [4.69, 9.17) is 0 Å². The number of hydrogen-bond donors (Lipinski definition) is 1. The number of rotatable bonds is 2. The Labute approximate surface area is 78.8 Å². The molecule has 3 heteroatoms. The first kappa shape index (κ1) is 8.75. The minimum atomic E-state index is -0.0289. The van der Waals surface area contributed by atoms with E-state index in [-0.39, 0.29) is 5.91 Å². The first-order chi connectivity index (χ1) is 6.31. The van der Waals surface area contributed by atoms with Crippen LogP contribution in [0, 0.1) is 0 Å². The molecule has 3 nitrogen and oxygen atoms in total. The Morgan fingerprint density at radius 2 is 2.31 bits per heavy atom. The fraction of sp³-hybridized carbons (Fsp3) is 0.700. The summed E-state index contributed by atoms with van der Waals surface area (Å²) < 4.78 is 0. The van der Waals surface area contributed by atoms with Gasteiger partial charge in [0.15, 0.2) is 0 Å². The van der Waals surface area contributed by atoms with E-state index in [9.17, 15) is 4.79 Å². The number of carbonyl (C=O) groups excluding carboxylic acids is 1. The van der Waals surface area contributed by atoms with Crippen molar-refractivity contribution >= 4 is 5.91 Å². The Morgan fingerprint density at radius 3 is 3.08 bits per heavy atom. The average molecular weight is 180 g/mol. The van der Waals surface area contributed by atoms with Gasteiger partial charge in [-0.3, -0.25) is 9.69 Å². The van der Waals surface area contributed by atoms with Crippen molar-refractivity contribution in [2.75, 3.05) is 13.1 Å². The molecular weight excluding hydrogens is 164 g/mol. The van der Waals surface area contributed by atoms with Crippen molar-refractivity contribution in [3.05, 3.63) is 12.7 Å². The van der Waals surface area contributed by atoms with Gasteiger partial charge in [0.25, 0.3) is 0 Å². The van der Waals surface area contributed by atoms with Crippen LogP contribution in [-0.4, -0.2) is 36.0 Å². The molecule has 0 aromatic heterocycles. The first-order valence-corrected chi connectivity index (χ1v) is 4.98. The largest absolute Gasteiger partial charge is 0.348 e. The molecule has 0 bridgehead atoms. The van der Waals surface area contributed by atoms with Gasteiger partial charge >= 0.3 is 0 Å². The van der Waals surface area contributed by atoms with Gasteiger partial charge in [-0.05, 0) is 31.9 Å². The van der Waals surface area contributed by atoms with E-state index in [2.05, 4.69) is 16.8 Å². The van der Waals surface area contributed by atoms with E-state index in [0.29, 0.717) is 12.1 Å². The zero-order chi connectivity index (χ0) is 9.26. The highest BCUT2D eigenvalue weighted by Gasteiger charge is 2.37. The van der Waals surface area contributed by atoms with Crippen LogP contribution >= 0.6 is 0 Å². The predicted octanol–water partition coefficient (Wildman–Crippen LogP) is 0.525. The van der Waals surface area contributed by atoms with Crippen LogP contribution in [-0.2, 0) is 4.79 Å². The number of nitrogens with one attached hydrogen (secondary N) is 1. The highest BCUT2D eigenvalue weighted by molar-refractivity contribution is 5.87. The van der Waals surface area contributed by atoms with E-state index >= 15 is 0 Å². The third-order valence-corrected chi connectivity index (χ3v) is 3.12. The third kappa shape index (κ3) is 1.61. The van der Waals surface area contributed by atoms with Crippen molar-refractivity contribution in [3.8, 4) is 0 Å². The van der Waals surface area contributed by atoms with Gasteiger partial charge in [-0.1, -0.05) is 6.58 Å². The maximum atomic E-state index is 11.1. The molecule has 2 atom stereocenters. The SMILES string of the molecule is C=CC(=O)NC1CCN2CCCC12. The normalized spacial score (nSPS) is 32.9. The van der Waals surface area contributed by atoms with Gasteiger partial charge in [0.2, 0.25) is 5.91 Å². The summed E-state index contributed by atoms with van der Waals surface area (Å²) >= 11 is 0. The smallest absolute Gasteiger partial charge is 0.243 e. The highest BCUT2D eigenvalue weighted by atomic mass is 16.1. The molecule has 1 amide bonds. The summed E-state index contributed by atoms with van der Waals surface area (Å²) in [5.74, 6) is -0.0289. The summed E-state index contributed by atoms with van der Waals surface area (Å²) in [6.45, 7) is 5.82. The third-order valence-electron chi connectivity index (χ3n) is 3.12. The van der Waals surface area contributed by atoms with E-state index in [1.165, 1.54) is 25.5 Å². The quantitative estimate of drug-likeness (QED) is 0.628. The van der Waals surface area contributed by atoms with Gasteiger partial charge in [-0.25, -0.2) is 0 Å². The predicted molar refractivity (Wildman–Crippen MR) is 51.3 cm³/mol. The van der Waals surface area contributed by atoms with Crippen LogP contribution in [0.3, 0.4) is 0 Å². The number of amides is 1. The fourth-order valence-corrected chi connectivity index (χ4v) is 2.49. The zero-order valence-electron chi connectivity index (χ0n) is 7.83. The van der Waals surface area contributed by atoms with Crippen molar-refractivity contribution in [1.29, 1.82) is 0 Å². The number of nitrogens with zero attached hydrogens (tertiary/aromatic N) is 1. The van der Waals surface area contributed by atoms with Crippen LogP contribution in [0.4, 0.5) is 0 Å². The summed E-state index contributed by atoms with van der Waals surface area (Å²) in [5, 5.41) is 3.00. The molecule has 2 fully saturated rings. The molecule has 0 saturated carbocycles. The minimum Gasteiger partial charge on any atom is -0.348 e. The Bertz CT molecular complexity index is 227. The molecular formula is C10H16N2O. The molecule has 1 N–H and O–H groups in total. The molecule has 2 rings (SSSR count). The van der Waals surface area contributed by atoms with E-state index in [1.54, 1.807) is 0 Å². The Morgan fingerprint density at radius 1 is 1.46 bits per heavy atom. The van der Waals surface area contributed by atoms with E-state index in [0.717, 1.165) is 13.0 Å². The van der Waals surface area contributed by atoms with E-state index < -0.39 is 0 Å². The molecule has 72 valence electrons. The zero-order valence-corrected chi connectivity index (χ0v) is 7.83. The number of fused-ring (bicyclic) bond motifs is 1. The molecule has 2 aliphatic heterocycles.